The minimum Gasteiger partial charge on any atom is -0.490 e. The molecule has 1 N–H and O–H groups in total. The Morgan fingerprint density at radius 3 is 2.61 bits per heavy atom. The van der Waals surface area contributed by atoms with Gasteiger partial charge in [0.15, 0.2) is 0 Å². The Morgan fingerprint density at radius 1 is 0.970 bits per heavy atom. The summed E-state index contributed by atoms with van der Waals surface area (Å²) in [5.41, 5.74) is 5.09. The van der Waals surface area contributed by atoms with Crippen molar-refractivity contribution in [3.63, 3.8) is 0 Å². The van der Waals surface area contributed by atoms with Crippen molar-refractivity contribution in [2.45, 2.75) is 18.9 Å². The minimum atomic E-state index is -0.534. The van der Waals surface area contributed by atoms with Crippen molar-refractivity contribution in [1.29, 1.82) is 0 Å². The van der Waals surface area contributed by atoms with Crippen LogP contribution in [0.15, 0.2) is 89.9 Å². The molecule has 0 aliphatic carbocycles. The zero-order valence-electron chi connectivity index (χ0n) is 18.6. The number of aromatic nitrogens is 1. The van der Waals surface area contributed by atoms with Crippen LogP contribution in [0.1, 0.15) is 23.3 Å². The highest BCUT2D eigenvalue weighted by Gasteiger charge is 2.21. The lowest BCUT2D eigenvalue weighted by Crippen LogP contribution is -2.39. The monoisotopic (exact) mass is 456 g/mol. The summed E-state index contributed by atoms with van der Waals surface area (Å²) in [5, 5.41) is 13.8. The second-order valence-electron chi connectivity index (χ2n) is 8.41. The third-order valence-corrected chi connectivity index (χ3v) is 7.04. The molecule has 4 aromatic rings. The minimum absolute atomic E-state index is 0.275. The number of aliphatic hydroxyl groups excluding tert-OH is 1. The molecule has 0 saturated carbocycles. The summed E-state index contributed by atoms with van der Waals surface area (Å²) in [6.07, 6.45) is 3.28. The smallest absolute Gasteiger partial charge is 0.128 e. The number of likely N-dealkylation sites (tertiary alicyclic amines) is 1. The molecule has 0 radical (unpaired) electrons. The quantitative estimate of drug-likeness (QED) is 0.391. The van der Waals surface area contributed by atoms with Crippen LogP contribution in [0.4, 0.5) is 0 Å². The van der Waals surface area contributed by atoms with Crippen LogP contribution in [0.5, 0.6) is 5.75 Å². The first kappa shape index (κ1) is 21.8. The van der Waals surface area contributed by atoms with Gasteiger partial charge >= 0.3 is 0 Å². The number of ether oxygens (including phenoxy) is 1. The SMILES string of the molecule is OC(COc1cccc2ncccc12)CN1CCC(=C(c2ccccc2)c2cccs2)CC1. The molecule has 33 heavy (non-hydrogen) atoms. The topological polar surface area (TPSA) is 45.6 Å². The zero-order chi connectivity index (χ0) is 22.5. The molecule has 2 aromatic heterocycles. The van der Waals surface area contributed by atoms with Crippen LogP contribution >= 0.6 is 11.3 Å². The highest BCUT2D eigenvalue weighted by atomic mass is 32.1. The number of aliphatic hydroxyl groups is 1. The fourth-order valence-electron chi connectivity index (χ4n) is 4.54. The molecule has 0 bridgehead atoms. The first-order valence-corrected chi connectivity index (χ1v) is 12.3. The number of piperidine rings is 1. The Balaban J connectivity index is 1.21. The van der Waals surface area contributed by atoms with Crippen LogP contribution < -0.4 is 4.74 Å². The lowest BCUT2D eigenvalue weighted by Gasteiger charge is -2.31. The van der Waals surface area contributed by atoms with E-state index in [4.69, 9.17) is 4.74 Å². The number of pyridine rings is 1. The summed E-state index contributed by atoms with van der Waals surface area (Å²) in [7, 11) is 0. The van der Waals surface area contributed by atoms with E-state index in [1.807, 2.05) is 30.3 Å². The molecule has 1 unspecified atom stereocenters. The molecule has 5 heteroatoms. The van der Waals surface area contributed by atoms with Gasteiger partial charge in [0.25, 0.3) is 0 Å². The van der Waals surface area contributed by atoms with Crippen molar-refractivity contribution in [3.05, 3.63) is 100 Å². The molecule has 0 amide bonds. The maximum absolute atomic E-state index is 10.6. The number of benzene rings is 2. The van der Waals surface area contributed by atoms with E-state index in [1.165, 1.54) is 21.6 Å². The highest BCUT2D eigenvalue weighted by molar-refractivity contribution is 7.11. The molecule has 1 aliphatic heterocycles. The summed E-state index contributed by atoms with van der Waals surface area (Å²) < 4.78 is 5.96. The largest absolute Gasteiger partial charge is 0.490 e. The van der Waals surface area contributed by atoms with Crippen molar-refractivity contribution in [2.24, 2.45) is 0 Å². The molecule has 5 rings (SSSR count). The van der Waals surface area contributed by atoms with Gasteiger partial charge < -0.3 is 9.84 Å². The summed E-state index contributed by atoms with van der Waals surface area (Å²) in [6, 6.07) is 24.8. The maximum Gasteiger partial charge on any atom is 0.128 e. The van der Waals surface area contributed by atoms with Crippen LogP contribution in [0.3, 0.4) is 0 Å². The zero-order valence-corrected chi connectivity index (χ0v) is 19.4. The Hall–Kier alpha value is -2.99. The van der Waals surface area contributed by atoms with Crippen LogP contribution in [-0.4, -0.2) is 47.3 Å². The Labute approximate surface area is 198 Å². The predicted octanol–water partition coefficient (Wildman–Crippen LogP) is 5.63. The summed E-state index contributed by atoms with van der Waals surface area (Å²) in [5.74, 6) is 0.770. The average molecular weight is 457 g/mol. The Bertz CT molecular complexity index is 1210. The van der Waals surface area contributed by atoms with Gasteiger partial charge in [-0.1, -0.05) is 48.0 Å². The van der Waals surface area contributed by atoms with Crippen molar-refractivity contribution >= 4 is 27.8 Å². The molecule has 2 aromatic carbocycles. The Kier molecular flexibility index (Phi) is 6.81. The number of thiophene rings is 1. The summed E-state index contributed by atoms with van der Waals surface area (Å²) >= 11 is 1.80. The number of nitrogens with zero attached hydrogens (tertiary/aromatic N) is 2. The fourth-order valence-corrected chi connectivity index (χ4v) is 5.38. The van der Waals surface area contributed by atoms with E-state index in [0.717, 1.165) is 42.6 Å². The molecule has 4 nitrogen and oxygen atoms in total. The summed E-state index contributed by atoms with van der Waals surface area (Å²) in [4.78, 5) is 8.05. The third kappa shape index (κ3) is 5.17. The molecular formula is C28H28N2O2S. The van der Waals surface area contributed by atoms with Crippen molar-refractivity contribution in [2.75, 3.05) is 26.2 Å². The van der Waals surface area contributed by atoms with Gasteiger partial charge in [-0.05, 0) is 59.7 Å². The first-order valence-electron chi connectivity index (χ1n) is 11.5. The van der Waals surface area contributed by atoms with Gasteiger partial charge in [-0.25, -0.2) is 0 Å². The molecular weight excluding hydrogens is 428 g/mol. The van der Waals surface area contributed by atoms with Crippen LogP contribution in [0, 0.1) is 0 Å². The van der Waals surface area contributed by atoms with Gasteiger partial charge in [-0.15, -0.1) is 11.3 Å². The fraction of sp³-hybridized carbons (Fsp3) is 0.250. The van der Waals surface area contributed by atoms with E-state index in [1.54, 1.807) is 17.5 Å². The molecule has 1 saturated heterocycles. The highest BCUT2D eigenvalue weighted by Crippen LogP contribution is 2.34. The lowest BCUT2D eigenvalue weighted by molar-refractivity contribution is 0.0661. The van der Waals surface area contributed by atoms with E-state index >= 15 is 0 Å². The van der Waals surface area contributed by atoms with E-state index < -0.39 is 6.10 Å². The van der Waals surface area contributed by atoms with Crippen molar-refractivity contribution in [3.8, 4) is 5.75 Å². The molecule has 1 aliphatic rings. The van der Waals surface area contributed by atoms with Crippen LogP contribution in [0.25, 0.3) is 16.5 Å². The van der Waals surface area contributed by atoms with Crippen molar-refractivity contribution < 1.29 is 9.84 Å². The van der Waals surface area contributed by atoms with E-state index in [9.17, 15) is 5.11 Å². The lowest BCUT2D eigenvalue weighted by atomic mass is 9.92. The number of fused-ring (bicyclic) bond motifs is 1. The second-order valence-corrected chi connectivity index (χ2v) is 9.36. The normalized spacial score (nSPS) is 15.5. The van der Waals surface area contributed by atoms with Crippen molar-refractivity contribution in [1.82, 2.24) is 9.88 Å². The predicted molar refractivity (Wildman–Crippen MR) is 136 cm³/mol. The molecule has 1 fully saturated rings. The second kappa shape index (κ2) is 10.3. The Morgan fingerprint density at radius 2 is 1.82 bits per heavy atom. The third-order valence-electron chi connectivity index (χ3n) is 6.15. The van der Waals surface area contributed by atoms with Gasteiger partial charge in [0.1, 0.15) is 18.5 Å². The maximum atomic E-state index is 10.6. The van der Waals surface area contributed by atoms with Gasteiger partial charge in [0.2, 0.25) is 0 Å². The molecule has 3 heterocycles. The first-order chi connectivity index (χ1) is 16.3. The molecule has 0 spiro atoms. The van der Waals surface area contributed by atoms with E-state index in [2.05, 4.69) is 57.7 Å². The van der Waals surface area contributed by atoms with Crippen LogP contribution in [0.2, 0.25) is 0 Å². The standard InChI is InChI=1S/C28H28N2O2S/c31-23(20-32-26-11-4-10-25-24(26)9-5-15-29-25)19-30-16-13-22(14-17-30)28(27-12-6-18-33-27)21-7-2-1-3-8-21/h1-12,15,18,23,31H,13-14,16-17,19-20H2. The van der Waals surface area contributed by atoms with Gasteiger partial charge in [-0.3, -0.25) is 9.88 Å². The number of β-amino-alcohol motifs (C(OH)–C–C–N with tert-alkyl or cyclic N) is 1. The molecule has 168 valence electrons. The average Bonchev–Trinajstić information content (AvgIpc) is 3.39. The number of rotatable bonds is 7. The van der Waals surface area contributed by atoms with Gasteiger partial charge in [0.05, 0.1) is 5.52 Å². The number of hydrogen-bond acceptors (Lipinski definition) is 5. The summed E-state index contributed by atoms with van der Waals surface area (Å²) in [6.45, 7) is 2.80. The van der Waals surface area contributed by atoms with Crippen LogP contribution in [-0.2, 0) is 0 Å². The van der Waals surface area contributed by atoms with Gasteiger partial charge in [-0.2, -0.15) is 0 Å². The number of hydrogen-bond donors (Lipinski definition) is 1. The molecule has 1 atom stereocenters. The van der Waals surface area contributed by atoms with E-state index in [-0.39, 0.29) is 6.61 Å². The van der Waals surface area contributed by atoms with Gasteiger partial charge in [0, 0.05) is 36.1 Å². The van der Waals surface area contributed by atoms with E-state index in [0.29, 0.717) is 6.54 Å².